The van der Waals surface area contributed by atoms with Crippen molar-refractivity contribution in [1.29, 1.82) is 0 Å². The first-order chi connectivity index (χ1) is 7.77. The van der Waals surface area contributed by atoms with E-state index in [0.717, 1.165) is 56.3 Å². The quantitative estimate of drug-likeness (QED) is 0.671. The molecule has 2 aliphatic rings. The van der Waals surface area contributed by atoms with Crippen LogP contribution < -0.4 is 0 Å². The van der Waals surface area contributed by atoms with Gasteiger partial charge in [-0.3, -0.25) is 4.79 Å². The van der Waals surface area contributed by atoms with Crippen molar-refractivity contribution in [2.75, 3.05) is 26.3 Å². The minimum Gasteiger partial charge on any atom is -0.378 e. The Bertz CT molecular complexity index is 277. The smallest absolute Gasteiger partial charge is 0.146 e. The van der Waals surface area contributed by atoms with E-state index in [9.17, 15) is 4.79 Å². The van der Waals surface area contributed by atoms with Gasteiger partial charge in [-0.15, -0.1) is 0 Å². The van der Waals surface area contributed by atoms with Crippen molar-refractivity contribution in [2.45, 2.75) is 30.9 Å². The third kappa shape index (κ3) is 3.18. The predicted octanol–water partition coefficient (Wildman–Crippen LogP) is 1.85. The highest BCUT2D eigenvalue weighted by Crippen LogP contribution is 2.28. The van der Waals surface area contributed by atoms with Crippen LogP contribution in [0.2, 0.25) is 0 Å². The zero-order valence-electron chi connectivity index (χ0n) is 9.31. The van der Waals surface area contributed by atoms with E-state index in [-0.39, 0.29) is 5.25 Å². The molecule has 0 spiro atoms. The van der Waals surface area contributed by atoms with E-state index in [1.807, 2.05) is 0 Å². The molecule has 2 fully saturated rings. The van der Waals surface area contributed by atoms with E-state index < -0.39 is 0 Å². The molecule has 0 unspecified atom stereocenters. The molecule has 1 saturated carbocycles. The zero-order chi connectivity index (χ0) is 11.4. The van der Waals surface area contributed by atoms with E-state index in [1.165, 1.54) is 0 Å². The number of thioether (sulfide) groups is 1. The maximum absolute atomic E-state index is 11.7. The van der Waals surface area contributed by atoms with Crippen molar-refractivity contribution in [1.82, 2.24) is 4.90 Å². The first kappa shape index (κ1) is 12.3. The van der Waals surface area contributed by atoms with Crippen molar-refractivity contribution in [3.05, 3.63) is 0 Å². The fourth-order valence-corrected chi connectivity index (χ4v) is 3.66. The van der Waals surface area contributed by atoms with Gasteiger partial charge in [-0.1, -0.05) is 30.4 Å². The summed E-state index contributed by atoms with van der Waals surface area (Å²) in [5, 5.41) is 0.115. The van der Waals surface area contributed by atoms with E-state index in [2.05, 4.69) is 4.90 Å². The molecule has 0 aromatic rings. The van der Waals surface area contributed by atoms with Crippen LogP contribution in [0.4, 0.5) is 0 Å². The summed E-state index contributed by atoms with van der Waals surface area (Å²) in [6, 6.07) is 0. The number of Topliss-reactive ketones (excluding diaryl/α,β-unsaturated/α-hetero) is 1. The zero-order valence-corrected chi connectivity index (χ0v) is 10.9. The Morgan fingerprint density at radius 1 is 1.38 bits per heavy atom. The Morgan fingerprint density at radius 2 is 2.12 bits per heavy atom. The van der Waals surface area contributed by atoms with Crippen LogP contribution in [0, 0.1) is 0 Å². The first-order valence-corrected chi connectivity index (χ1v) is 7.12. The average Bonchev–Trinajstić information content (AvgIpc) is 2.33. The molecule has 0 radical (unpaired) electrons. The van der Waals surface area contributed by atoms with Gasteiger partial charge in [-0.25, -0.2) is 0 Å². The number of carbonyl (C=O) groups is 1. The maximum Gasteiger partial charge on any atom is 0.146 e. The van der Waals surface area contributed by atoms with Crippen molar-refractivity contribution < 1.29 is 9.53 Å². The summed E-state index contributed by atoms with van der Waals surface area (Å²) in [4.78, 5) is 13.8. The van der Waals surface area contributed by atoms with Gasteiger partial charge in [-0.05, 0) is 12.8 Å². The number of ether oxygens (including phenoxy) is 1. The van der Waals surface area contributed by atoms with Crippen LogP contribution in [0.3, 0.4) is 0 Å². The molecule has 0 N–H and O–H groups in total. The van der Waals surface area contributed by atoms with Crippen LogP contribution in [0.15, 0.2) is 0 Å². The number of ketones is 1. The van der Waals surface area contributed by atoms with Crippen LogP contribution >= 0.6 is 24.0 Å². The van der Waals surface area contributed by atoms with Crippen LogP contribution in [0.1, 0.15) is 25.7 Å². The molecule has 1 atom stereocenters. The molecule has 0 aromatic heterocycles. The van der Waals surface area contributed by atoms with Crippen molar-refractivity contribution in [2.24, 2.45) is 0 Å². The van der Waals surface area contributed by atoms with Crippen LogP contribution in [-0.2, 0) is 9.53 Å². The lowest BCUT2D eigenvalue weighted by atomic mass is 9.99. The highest BCUT2D eigenvalue weighted by Gasteiger charge is 2.26. The topological polar surface area (TPSA) is 29.5 Å². The number of hydrogen-bond donors (Lipinski definition) is 0. The minimum atomic E-state index is 0.115. The van der Waals surface area contributed by atoms with Gasteiger partial charge in [-0.2, -0.15) is 0 Å². The molecular weight excluding hydrogens is 242 g/mol. The highest BCUT2D eigenvalue weighted by atomic mass is 32.2. The number of morpholine rings is 1. The Labute approximate surface area is 106 Å². The lowest BCUT2D eigenvalue weighted by molar-refractivity contribution is -0.119. The van der Waals surface area contributed by atoms with Crippen LogP contribution in [-0.4, -0.2) is 46.6 Å². The normalized spacial score (nSPS) is 26.9. The minimum absolute atomic E-state index is 0.115. The molecule has 1 heterocycles. The van der Waals surface area contributed by atoms with Gasteiger partial charge in [0, 0.05) is 19.5 Å². The fraction of sp³-hybridized carbons (Fsp3) is 0.818. The van der Waals surface area contributed by atoms with Crippen LogP contribution in [0.25, 0.3) is 0 Å². The number of thiocarbonyl (C=S) groups is 1. The van der Waals surface area contributed by atoms with Gasteiger partial charge in [0.1, 0.15) is 10.1 Å². The van der Waals surface area contributed by atoms with Crippen molar-refractivity contribution in [3.8, 4) is 0 Å². The molecular formula is C11H17NO2S2. The number of nitrogens with zero attached hydrogens (tertiary/aromatic N) is 1. The van der Waals surface area contributed by atoms with Crippen molar-refractivity contribution >= 4 is 34.1 Å². The summed E-state index contributed by atoms with van der Waals surface area (Å²) in [6.45, 7) is 3.23. The predicted molar refractivity (Wildman–Crippen MR) is 69.8 cm³/mol. The largest absolute Gasteiger partial charge is 0.378 e. The Morgan fingerprint density at radius 3 is 2.81 bits per heavy atom. The summed E-state index contributed by atoms with van der Waals surface area (Å²) < 4.78 is 6.16. The second-order valence-corrected chi connectivity index (χ2v) is 6.02. The van der Waals surface area contributed by atoms with Gasteiger partial charge < -0.3 is 9.64 Å². The van der Waals surface area contributed by atoms with E-state index >= 15 is 0 Å². The van der Waals surface area contributed by atoms with Gasteiger partial charge in [0.15, 0.2) is 0 Å². The molecule has 0 bridgehead atoms. The van der Waals surface area contributed by atoms with E-state index in [1.54, 1.807) is 11.8 Å². The van der Waals surface area contributed by atoms with E-state index in [4.69, 9.17) is 17.0 Å². The molecule has 2 rings (SSSR count). The highest BCUT2D eigenvalue weighted by molar-refractivity contribution is 8.23. The summed E-state index contributed by atoms with van der Waals surface area (Å²) in [6.07, 6.45) is 3.95. The SMILES string of the molecule is O=C1CCCC[C@@H]1SC(=S)N1CCOCC1. The van der Waals surface area contributed by atoms with Gasteiger partial charge in [0.05, 0.1) is 18.5 Å². The Kier molecular flexibility index (Phi) is 4.61. The standard InChI is InChI=1S/C11H17NO2S2/c13-9-3-1-2-4-10(9)16-11(15)12-5-7-14-8-6-12/h10H,1-8H2/t10-/m0/s1. The number of hydrogen-bond acceptors (Lipinski definition) is 4. The molecule has 0 aromatic carbocycles. The second kappa shape index (κ2) is 5.98. The summed E-state index contributed by atoms with van der Waals surface area (Å²) in [7, 11) is 0. The number of rotatable bonds is 1. The molecule has 0 amide bonds. The molecule has 1 aliphatic heterocycles. The van der Waals surface area contributed by atoms with Crippen molar-refractivity contribution in [3.63, 3.8) is 0 Å². The van der Waals surface area contributed by atoms with Crippen LogP contribution in [0.5, 0.6) is 0 Å². The first-order valence-electron chi connectivity index (χ1n) is 5.83. The molecule has 1 aliphatic carbocycles. The third-order valence-corrected chi connectivity index (χ3v) is 4.80. The monoisotopic (exact) mass is 259 g/mol. The van der Waals surface area contributed by atoms with E-state index in [0.29, 0.717) is 5.78 Å². The lowest BCUT2D eigenvalue weighted by Gasteiger charge is -2.30. The maximum atomic E-state index is 11.7. The molecule has 3 nitrogen and oxygen atoms in total. The summed E-state index contributed by atoms with van der Waals surface area (Å²) in [5.74, 6) is 0.381. The average molecular weight is 259 g/mol. The fourth-order valence-electron chi connectivity index (χ4n) is 2.02. The summed E-state index contributed by atoms with van der Waals surface area (Å²) >= 11 is 6.98. The Hall–Kier alpha value is -0.130. The Balaban J connectivity index is 1.83. The third-order valence-electron chi connectivity index (χ3n) is 3.01. The molecule has 16 heavy (non-hydrogen) atoms. The molecule has 1 saturated heterocycles. The summed E-state index contributed by atoms with van der Waals surface area (Å²) in [5.41, 5.74) is 0. The molecule has 5 heteroatoms. The van der Waals surface area contributed by atoms with Gasteiger partial charge >= 0.3 is 0 Å². The van der Waals surface area contributed by atoms with Gasteiger partial charge in [0.25, 0.3) is 0 Å². The number of carbonyl (C=O) groups excluding carboxylic acids is 1. The second-order valence-electron chi connectivity index (χ2n) is 4.18. The van der Waals surface area contributed by atoms with Gasteiger partial charge in [0.2, 0.25) is 0 Å². The molecule has 90 valence electrons. The lowest BCUT2D eigenvalue weighted by Crippen LogP contribution is -2.39.